The van der Waals surface area contributed by atoms with Gasteiger partial charge in [0.05, 0.1) is 24.9 Å². The molecule has 3 aromatic heterocycles. The van der Waals surface area contributed by atoms with Crippen molar-refractivity contribution in [3.05, 3.63) is 54.9 Å². The van der Waals surface area contributed by atoms with Crippen molar-refractivity contribution in [2.24, 2.45) is 0 Å². The van der Waals surface area contributed by atoms with E-state index in [1.807, 2.05) is 42.5 Å². The Hall–Kier alpha value is -3.10. The van der Waals surface area contributed by atoms with Crippen LogP contribution in [0.4, 0.5) is 5.82 Å². The second kappa shape index (κ2) is 7.87. The van der Waals surface area contributed by atoms with Crippen LogP contribution in [0.3, 0.4) is 0 Å². The number of pyridine rings is 1. The van der Waals surface area contributed by atoms with E-state index >= 15 is 0 Å². The Labute approximate surface area is 167 Å². The summed E-state index contributed by atoms with van der Waals surface area (Å²) < 4.78 is 5.47. The minimum Gasteiger partial charge on any atom is -0.378 e. The van der Waals surface area contributed by atoms with Crippen molar-refractivity contribution in [2.45, 2.75) is 0 Å². The molecule has 1 aliphatic rings. The van der Waals surface area contributed by atoms with Crippen molar-refractivity contribution in [2.75, 3.05) is 31.2 Å². The molecule has 28 heavy (non-hydrogen) atoms. The molecule has 0 aliphatic carbocycles. The van der Waals surface area contributed by atoms with E-state index in [0.717, 1.165) is 41.2 Å². The maximum atomic E-state index is 5.47. The normalized spacial score (nSPS) is 14.1. The molecule has 0 atom stereocenters. The molecule has 0 bridgehead atoms. The SMILES string of the molecule is Cl.c1ccc(-c2cnn(-c3nc(N4CCOCC4)c4ncccc4n3)n2)cc1. The zero-order chi connectivity index (χ0) is 18.1. The fraction of sp³-hybridized carbons (Fsp3) is 0.211. The predicted molar refractivity (Wildman–Crippen MR) is 108 cm³/mol. The van der Waals surface area contributed by atoms with Crippen LogP contribution in [0.1, 0.15) is 0 Å². The van der Waals surface area contributed by atoms with Gasteiger partial charge in [0.1, 0.15) is 11.2 Å². The van der Waals surface area contributed by atoms with E-state index < -0.39 is 0 Å². The lowest BCUT2D eigenvalue weighted by atomic mass is 10.2. The van der Waals surface area contributed by atoms with Gasteiger partial charge in [0.25, 0.3) is 5.95 Å². The second-order valence-corrected chi connectivity index (χ2v) is 6.20. The molecule has 1 aliphatic heterocycles. The third kappa shape index (κ3) is 3.39. The van der Waals surface area contributed by atoms with Gasteiger partial charge in [-0.3, -0.25) is 4.98 Å². The van der Waals surface area contributed by atoms with Crippen LogP contribution in [0.25, 0.3) is 28.2 Å². The topological polar surface area (TPSA) is 81.9 Å². The van der Waals surface area contributed by atoms with E-state index in [4.69, 9.17) is 9.72 Å². The molecule has 1 aromatic carbocycles. The molecule has 0 unspecified atom stereocenters. The van der Waals surface area contributed by atoms with E-state index in [1.54, 1.807) is 12.4 Å². The molecule has 0 radical (unpaired) electrons. The molecule has 0 amide bonds. The number of benzene rings is 1. The third-order valence-corrected chi connectivity index (χ3v) is 4.48. The van der Waals surface area contributed by atoms with Crippen LogP contribution in [0.2, 0.25) is 0 Å². The molecule has 0 N–H and O–H groups in total. The zero-order valence-corrected chi connectivity index (χ0v) is 15.8. The van der Waals surface area contributed by atoms with E-state index in [0.29, 0.717) is 19.2 Å². The van der Waals surface area contributed by atoms with Gasteiger partial charge >= 0.3 is 0 Å². The van der Waals surface area contributed by atoms with Crippen LogP contribution in [-0.4, -0.2) is 56.2 Å². The summed E-state index contributed by atoms with van der Waals surface area (Å²) in [5.74, 6) is 1.22. The number of hydrogen-bond acceptors (Lipinski definition) is 7. The fourth-order valence-electron chi connectivity index (χ4n) is 3.13. The van der Waals surface area contributed by atoms with Gasteiger partial charge in [-0.15, -0.1) is 22.3 Å². The van der Waals surface area contributed by atoms with Crippen LogP contribution < -0.4 is 4.90 Å². The van der Waals surface area contributed by atoms with Gasteiger partial charge in [0, 0.05) is 24.8 Å². The number of halogens is 1. The highest BCUT2D eigenvalue weighted by molar-refractivity contribution is 5.86. The quantitative estimate of drug-likeness (QED) is 0.527. The third-order valence-electron chi connectivity index (χ3n) is 4.48. The maximum absolute atomic E-state index is 5.47. The van der Waals surface area contributed by atoms with Gasteiger partial charge in [-0.1, -0.05) is 30.3 Å². The summed E-state index contributed by atoms with van der Waals surface area (Å²) in [7, 11) is 0. The first-order chi connectivity index (χ1) is 13.4. The van der Waals surface area contributed by atoms with Crippen molar-refractivity contribution in [1.29, 1.82) is 0 Å². The lowest BCUT2D eigenvalue weighted by Gasteiger charge is -2.28. The van der Waals surface area contributed by atoms with Crippen LogP contribution in [0.5, 0.6) is 0 Å². The van der Waals surface area contributed by atoms with Crippen molar-refractivity contribution in [1.82, 2.24) is 29.9 Å². The van der Waals surface area contributed by atoms with Crippen molar-refractivity contribution in [3.63, 3.8) is 0 Å². The van der Waals surface area contributed by atoms with Gasteiger partial charge < -0.3 is 9.64 Å². The van der Waals surface area contributed by atoms with Crippen LogP contribution in [0.15, 0.2) is 54.9 Å². The van der Waals surface area contributed by atoms with Crippen LogP contribution >= 0.6 is 12.4 Å². The lowest BCUT2D eigenvalue weighted by molar-refractivity contribution is 0.122. The van der Waals surface area contributed by atoms with Crippen molar-refractivity contribution < 1.29 is 4.74 Å². The Balaban J connectivity index is 0.00000192. The number of anilines is 1. The van der Waals surface area contributed by atoms with E-state index in [1.165, 1.54) is 4.80 Å². The molecule has 0 spiro atoms. The smallest absolute Gasteiger partial charge is 0.271 e. The Bertz CT molecular complexity index is 1080. The summed E-state index contributed by atoms with van der Waals surface area (Å²) in [4.78, 5) is 17.5. The lowest BCUT2D eigenvalue weighted by Crippen LogP contribution is -2.37. The standard InChI is InChI=1S/C19H17N7O.ClH/c1-2-5-14(6-3-1)16-13-21-26(24-16)19-22-15-7-4-8-20-17(15)18(23-19)25-9-11-27-12-10-25;/h1-8,13H,9-12H2;1H. The average molecular weight is 396 g/mol. The summed E-state index contributed by atoms with van der Waals surface area (Å²) in [6.07, 6.45) is 3.48. The molecule has 4 heterocycles. The van der Waals surface area contributed by atoms with Gasteiger partial charge in [0.2, 0.25) is 0 Å². The first-order valence-electron chi connectivity index (χ1n) is 8.82. The first kappa shape index (κ1) is 18.3. The minimum atomic E-state index is 0. The van der Waals surface area contributed by atoms with Crippen LogP contribution in [0, 0.1) is 0 Å². The summed E-state index contributed by atoms with van der Waals surface area (Å²) in [6.45, 7) is 2.88. The molecule has 4 aromatic rings. The molecule has 142 valence electrons. The number of ether oxygens (including phenoxy) is 1. The van der Waals surface area contributed by atoms with Gasteiger partial charge in [-0.25, -0.2) is 4.98 Å². The van der Waals surface area contributed by atoms with Crippen molar-refractivity contribution in [3.8, 4) is 17.2 Å². The van der Waals surface area contributed by atoms with Crippen molar-refractivity contribution >= 4 is 29.3 Å². The summed E-state index contributed by atoms with van der Waals surface area (Å²) >= 11 is 0. The number of morpholine rings is 1. The number of aromatic nitrogens is 6. The van der Waals surface area contributed by atoms with Crippen LogP contribution in [-0.2, 0) is 4.74 Å². The number of fused-ring (bicyclic) bond motifs is 1. The predicted octanol–water partition coefficient (Wildman–Crippen LogP) is 2.53. The minimum absolute atomic E-state index is 0. The first-order valence-corrected chi connectivity index (χ1v) is 8.82. The van der Waals surface area contributed by atoms with E-state index in [-0.39, 0.29) is 12.4 Å². The fourth-order valence-corrected chi connectivity index (χ4v) is 3.13. The molecule has 5 rings (SSSR count). The van der Waals surface area contributed by atoms with E-state index in [9.17, 15) is 0 Å². The summed E-state index contributed by atoms with van der Waals surface area (Å²) in [5.41, 5.74) is 3.32. The Kier molecular flexibility index (Phi) is 5.14. The monoisotopic (exact) mass is 395 g/mol. The highest BCUT2D eigenvalue weighted by Crippen LogP contribution is 2.24. The summed E-state index contributed by atoms with van der Waals surface area (Å²) in [6, 6.07) is 13.7. The molecular weight excluding hydrogens is 378 g/mol. The highest BCUT2D eigenvalue weighted by atomic mass is 35.5. The molecule has 9 heteroatoms. The van der Waals surface area contributed by atoms with Gasteiger partial charge in [-0.05, 0) is 12.1 Å². The largest absolute Gasteiger partial charge is 0.378 e. The second-order valence-electron chi connectivity index (χ2n) is 6.20. The van der Waals surface area contributed by atoms with Gasteiger partial charge in [0.15, 0.2) is 5.82 Å². The highest BCUT2D eigenvalue weighted by Gasteiger charge is 2.19. The molecule has 8 nitrogen and oxygen atoms in total. The zero-order valence-electron chi connectivity index (χ0n) is 15.0. The summed E-state index contributed by atoms with van der Waals surface area (Å²) in [5, 5.41) is 8.93. The number of rotatable bonds is 3. The number of hydrogen-bond donors (Lipinski definition) is 0. The Morgan fingerprint density at radius 1 is 0.929 bits per heavy atom. The average Bonchev–Trinajstić information content (AvgIpc) is 3.25. The molecule has 0 saturated carbocycles. The Morgan fingerprint density at radius 2 is 1.75 bits per heavy atom. The number of nitrogens with zero attached hydrogens (tertiary/aromatic N) is 7. The molecule has 1 fully saturated rings. The van der Waals surface area contributed by atoms with Gasteiger partial charge in [-0.2, -0.15) is 10.1 Å². The Morgan fingerprint density at radius 3 is 2.57 bits per heavy atom. The maximum Gasteiger partial charge on any atom is 0.271 e. The van der Waals surface area contributed by atoms with E-state index in [2.05, 4.69) is 25.1 Å². The molecular formula is C19H18ClN7O. The molecule has 1 saturated heterocycles.